The topological polar surface area (TPSA) is 79.5 Å². The molecule has 1 aromatic heterocycles. The minimum Gasteiger partial charge on any atom is -0.384 e. The fraction of sp³-hybridized carbons (Fsp3) is 0.615. The molecule has 7 heteroatoms. The number of aromatic nitrogens is 1. The van der Waals surface area contributed by atoms with E-state index in [9.17, 15) is 8.42 Å². The van der Waals surface area contributed by atoms with Gasteiger partial charge < -0.3 is 5.73 Å². The number of nitrogen functional groups attached to an aromatic ring is 1. The zero-order valence-corrected chi connectivity index (χ0v) is 12.8. The second-order valence-electron chi connectivity index (χ2n) is 5.12. The van der Waals surface area contributed by atoms with Crippen molar-refractivity contribution in [1.82, 2.24) is 14.2 Å². The first-order valence-electron chi connectivity index (χ1n) is 6.91. The number of pyridine rings is 1. The van der Waals surface area contributed by atoms with Gasteiger partial charge in [0.15, 0.2) is 0 Å². The maximum Gasteiger partial charge on any atom is 0.244 e. The maximum atomic E-state index is 12.5. The third-order valence-corrected chi connectivity index (χ3v) is 5.77. The van der Waals surface area contributed by atoms with Gasteiger partial charge >= 0.3 is 0 Å². The summed E-state index contributed by atoms with van der Waals surface area (Å²) in [6, 6.07) is 3.53. The van der Waals surface area contributed by atoms with Gasteiger partial charge in [0.05, 0.1) is 0 Å². The molecule has 0 aliphatic carbocycles. The van der Waals surface area contributed by atoms with Crippen LogP contribution in [-0.4, -0.2) is 54.8 Å². The molecule has 1 aliphatic rings. The average Bonchev–Trinajstić information content (AvgIpc) is 2.47. The van der Waals surface area contributed by atoms with Crippen LogP contribution in [0.5, 0.6) is 0 Å². The molecule has 20 heavy (non-hydrogen) atoms. The number of piperazine rings is 1. The maximum absolute atomic E-state index is 12.5. The van der Waals surface area contributed by atoms with Crippen LogP contribution in [0, 0.1) is 0 Å². The Hall–Kier alpha value is -1.18. The Balaban J connectivity index is 2.07. The summed E-state index contributed by atoms with van der Waals surface area (Å²) in [4.78, 5) is 6.40. The van der Waals surface area contributed by atoms with Crippen molar-refractivity contribution < 1.29 is 8.42 Å². The third kappa shape index (κ3) is 3.11. The van der Waals surface area contributed by atoms with Crippen LogP contribution in [0.15, 0.2) is 23.2 Å². The number of hydrogen-bond donors (Lipinski definition) is 1. The van der Waals surface area contributed by atoms with Crippen LogP contribution in [0.1, 0.15) is 20.3 Å². The summed E-state index contributed by atoms with van der Waals surface area (Å²) in [6.45, 7) is 6.92. The van der Waals surface area contributed by atoms with Crippen molar-refractivity contribution in [3.05, 3.63) is 18.3 Å². The number of nitrogens with two attached hydrogens (primary N) is 1. The Labute approximate surface area is 120 Å². The first-order chi connectivity index (χ1) is 9.45. The lowest BCUT2D eigenvalue weighted by atomic mass is 10.2. The lowest BCUT2D eigenvalue weighted by Gasteiger charge is -2.37. The monoisotopic (exact) mass is 298 g/mol. The second kappa shape index (κ2) is 6.07. The molecule has 1 unspecified atom stereocenters. The molecule has 112 valence electrons. The molecular formula is C13H22N4O2S. The smallest absolute Gasteiger partial charge is 0.244 e. The van der Waals surface area contributed by atoms with Gasteiger partial charge in [-0.2, -0.15) is 4.31 Å². The summed E-state index contributed by atoms with van der Waals surface area (Å²) < 4.78 is 26.5. The highest BCUT2D eigenvalue weighted by Gasteiger charge is 2.29. The lowest BCUT2D eigenvalue weighted by molar-refractivity contribution is 0.142. The summed E-state index contributed by atoms with van der Waals surface area (Å²) in [6.07, 6.45) is 2.40. The number of sulfonamides is 1. The van der Waals surface area contributed by atoms with E-state index in [2.05, 4.69) is 23.7 Å². The van der Waals surface area contributed by atoms with Crippen LogP contribution in [0.4, 0.5) is 5.82 Å². The number of nitrogens with zero attached hydrogens (tertiary/aromatic N) is 3. The Bertz CT molecular complexity index is 536. The van der Waals surface area contributed by atoms with E-state index in [0.717, 1.165) is 19.5 Å². The van der Waals surface area contributed by atoms with Crippen molar-refractivity contribution in [3.8, 4) is 0 Å². The molecule has 2 rings (SSSR count). The molecule has 0 spiro atoms. The van der Waals surface area contributed by atoms with Crippen LogP contribution in [0.25, 0.3) is 0 Å². The Morgan fingerprint density at radius 2 is 1.95 bits per heavy atom. The first-order valence-corrected chi connectivity index (χ1v) is 8.35. The molecule has 2 heterocycles. The molecular weight excluding hydrogens is 276 g/mol. The van der Waals surface area contributed by atoms with Gasteiger partial charge in [0.25, 0.3) is 0 Å². The molecule has 1 saturated heterocycles. The van der Waals surface area contributed by atoms with E-state index >= 15 is 0 Å². The normalized spacial score (nSPS) is 19.9. The summed E-state index contributed by atoms with van der Waals surface area (Å²) in [5.41, 5.74) is 5.49. The van der Waals surface area contributed by atoms with E-state index in [-0.39, 0.29) is 4.90 Å². The lowest BCUT2D eigenvalue weighted by Crippen LogP contribution is -2.51. The third-order valence-electron chi connectivity index (χ3n) is 3.88. The average molecular weight is 298 g/mol. The van der Waals surface area contributed by atoms with E-state index in [1.807, 2.05) is 0 Å². The number of hydrogen-bond acceptors (Lipinski definition) is 5. The molecule has 1 aromatic rings. The second-order valence-corrected chi connectivity index (χ2v) is 7.05. The summed E-state index contributed by atoms with van der Waals surface area (Å²) in [5.74, 6) is 0.325. The number of rotatable bonds is 4. The molecule has 6 nitrogen and oxygen atoms in total. The van der Waals surface area contributed by atoms with Crippen molar-refractivity contribution in [2.75, 3.05) is 31.9 Å². The van der Waals surface area contributed by atoms with Crippen molar-refractivity contribution in [3.63, 3.8) is 0 Å². The SMILES string of the molecule is CCC(C)N1CCN(S(=O)(=O)c2ccc(N)nc2)CC1. The molecule has 0 saturated carbocycles. The van der Waals surface area contributed by atoms with Gasteiger partial charge in [0, 0.05) is 38.4 Å². The van der Waals surface area contributed by atoms with Gasteiger partial charge in [-0.25, -0.2) is 13.4 Å². The van der Waals surface area contributed by atoms with Gasteiger partial charge in [0.2, 0.25) is 10.0 Å². The van der Waals surface area contributed by atoms with E-state index < -0.39 is 10.0 Å². The zero-order chi connectivity index (χ0) is 14.8. The van der Waals surface area contributed by atoms with Crippen LogP contribution in [0.2, 0.25) is 0 Å². The van der Waals surface area contributed by atoms with E-state index in [4.69, 9.17) is 5.73 Å². The highest BCUT2D eigenvalue weighted by atomic mass is 32.2. The predicted octanol–water partition coefficient (Wildman–Crippen LogP) is 0.769. The minimum absolute atomic E-state index is 0.212. The van der Waals surface area contributed by atoms with Gasteiger partial charge in [-0.1, -0.05) is 6.92 Å². The largest absolute Gasteiger partial charge is 0.384 e. The Morgan fingerprint density at radius 3 is 2.45 bits per heavy atom. The first kappa shape index (κ1) is 15.2. The fourth-order valence-electron chi connectivity index (χ4n) is 2.34. The Kier molecular flexibility index (Phi) is 4.62. The van der Waals surface area contributed by atoms with E-state index in [0.29, 0.717) is 24.9 Å². The van der Waals surface area contributed by atoms with E-state index in [1.165, 1.54) is 22.6 Å². The molecule has 1 atom stereocenters. The summed E-state index contributed by atoms with van der Waals surface area (Å²) in [5, 5.41) is 0. The summed E-state index contributed by atoms with van der Waals surface area (Å²) in [7, 11) is -3.45. The highest BCUT2D eigenvalue weighted by molar-refractivity contribution is 7.89. The fourth-order valence-corrected chi connectivity index (χ4v) is 3.70. The zero-order valence-electron chi connectivity index (χ0n) is 12.0. The molecule has 0 radical (unpaired) electrons. The van der Waals surface area contributed by atoms with Gasteiger partial charge in [-0.15, -0.1) is 0 Å². The molecule has 0 amide bonds. The molecule has 0 aromatic carbocycles. The van der Waals surface area contributed by atoms with Gasteiger partial charge in [-0.3, -0.25) is 4.90 Å². The van der Waals surface area contributed by atoms with Crippen LogP contribution in [-0.2, 0) is 10.0 Å². The molecule has 2 N–H and O–H groups in total. The Morgan fingerprint density at radius 1 is 1.30 bits per heavy atom. The standard InChI is InChI=1S/C13H22N4O2S/c1-3-11(2)16-6-8-17(9-7-16)20(18,19)12-4-5-13(14)15-10-12/h4-5,10-11H,3,6-9H2,1-2H3,(H2,14,15). The molecule has 1 aliphatic heterocycles. The molecule has 0 bridgehead atoms. The molecule has 1 fully saturated rings. The van der Waals surface area contributed by atoms with E-state index in [1.54, 1.807) is 0 Å². The predicted molar refractivity (Wildman–Crippen MR) is 78.7 cm³/mol. The van der Waals surface area contributed by atoms with Gasteiger partial charge in [0.1, 0.15) is 10.7 Å². The van der Waals surface area contributed by atoms with Crippen LogP contribution >= 0.6 is 0 Å². The van der Waals surface area contributed by atoms with Crippen LogP contribution < -0.4 is 5.73 Å². The van der Waals surface area contributed by atoms with Crippen molar-refractivity contribution in [2.45, 2.75) is 31.2 Å². The van der Waals surface area contributed by atoms with Crippen molar-refractivity contribution in [1.29, 1.82) is 0 Å². The van der Waals surface area contributed by atoms with Crippen LogP contribution in [0.3, 0.4) is 0 Å². The number of anilines is 1. The van der Waals surface area contributed by atoms with Gasteiger partial charge in [-0.05, 0) is 25.5 Å². The van der Waals surface area contributed by atoms with Crippen molar-refractivity contribution >= 4 is 15.8 Å². The minimum atomic E-state index is -3.45. The summed E-state index contributed by atoms with van der Waals surface area (Å²) >= 11 is 0. The van der Waals surface area contributed by atoms with Crippen molar-refractivity contribution in [2.24, 2.45) is 0 Å². The highest BCUT2D eigenvalue weighted by Crippen LogP contribution is 2.18. The quantitative estimate of drug-likeness (QED) is 0.888.